The van der Waals surface area contributed by atoms with Gasteiger partial charge in [0.1, 0.15) is 11.3 Å². The van der Waals surface area contributed by atoms with E-state index in [1.54, 1.807) is 12.1 Å². The molecule has 4 rings (SSSR count). The average Bonchev–Trinajstić information content (AvgIpc) is 3.32. The van der Waals surface area contributed by atoms with E-state index in [1.165, 1.54) is 40.4 Å². The van der Waals surface area contributed by atoms with Crippen LogP contribution in [0, 0.1) is 11.8 Å². The number of carbonyl (C=O) groups excluding carboxylic acids is 3. The van der Waals surface area contributed by atoms with Gasteiger partial charge in [0.15, 0.2) is 0 Å². The van der Waals surface area contributed by atoms with Crippen LogP contribution in [0.3, 0.4) is 0 Å². The van der Waals surface area contributed by atoms with E-state index < -0.39 is 51.2 Å². The van der Waals surface area contributed by atoms with Gasteiger partial charge in [0.25, 0.3) is 0 Å². The molecule has 0 unspecified atom stereocenters. The molecule has 10 nitrogen and oxygen atoms in total. The van der Waals surface area contributed by atoms with Crippen molar-refractivity contribution in [1.29, 1.82) is 0 Å². The van der Waals surface area contributed by atoms with E-state index >= 15 is 0 Å². The van der Waals surface area contributed by atoms with Crippen LogP contribution in [-0.4, -0.2) is 81.8 Å². The van der Waals surface area contributed by atoms with E-state index in [0.29, 0.717) is 5.75 Å². The zero-order valence-electron chi connectivity index (χ0n) is 20.5. The molecule has 2 amide bonds. The lowest BCUT2D eigenvalue weighted by molar-refractivity contribution is -0.153. The minimum atomic E-state index is -3.93. The maximum atomic E-state index is 13.3. The molecule has 2 aromatic carbocycles. The molecule has 0 spiro atoms. The number of benzene rings is 2. The van der Waals surface area contributed by atoms with E-state index in [9.17, 15) is 22.8 Å². The zero-order chi connectivity index (χ0) is 26.3. The molecule has 192 valence electrons. The van der Waals surface area contributed by atoms with Crippen molar-refractivity contribution in [2.75, 3.05) is 34.9 Å². The number of likely N-dealkylation sites (tertiary alicyclic amines) is 1. The fourth-order valence-electron chi connectivity index (χ4n) is 5.25. The van der Waals surface area contributed by atoms with E-state index in [-0.39, 0.29) is 17.9 Å². The largest absolute Gasteiger partial charge is 0.497 e. The first-order valence-electron chi connectivity index (χ1n) is 11.4. The molecule has 11 heteroatoms. The second-order valence-electron chi connectivity index (χ2n) is 9.08. The summed E-state index contributed by atoms with van der Waals surface area (Å²) in [7, 11) is 1.55. The first-order chi connectivity index (χ1) is 17.1. The van der Waals surface area contributed by atoms with Gasteiger partial charge in [-0.1, -0.05) is 30.3 Å². The van der Waals surface area contributed by atoms with Crippen LogP contribution in [-0.2, 0) is 35.6 Å². The van der Waals surface area contributed by atoms with Crippen molar-refractivity contribution in [2.45, 2.75) is 22.9 Å². The highest BCUT2D eigenvalue weighted by atomic mass is 32.2. The van der Waals surface area contributed by atoms with Crippen LogP contribution in [0.25, 0.3) is 0 Å². The molecule has 0 radical (unpaired) electrons. The summed E-state index contributed by atoms with van der Waals surface area (Å²) in [6.45, 7) is -0.143. The molecule has 4 atom stereocenters. The number of nitrogens with one attached hydrogen (secondary N) is 1. The number of sulfonamides is 1. The van der Waals surface area contributed by atoms with Gasteiger partial charge in [-0.2, -0.15) is 4.31 Å². The van der Waals surface area contributed by atoms with Gasteiger partial charge in [-0.05, 0) is 29.8 Å². The monoisotopic (exact) mass is 515 g/mol. The summed E-state index contributed by atoms with van der Waals surface area (Å²) in [5.41, 5.74) is -0.767. The van der Waals surface area contributed by atoms with Crippen LogP contribution in [0.2, 0.25) is 0 Å². The maximum absolute atomic E-state index is 13.3. The van der Waals surface area contributed by atoms with Crippen molar-refractivity contribution >= 4 is 27.8 Å². The number of methoxy groups -OCH3 is 2. The maximum Gasteiger partial charge on any atom is 0.327 e. The number of nitrogens with zero attached hydrogens (tertiary/aromatic N) is 2. The number of hydrogen-bond acceptors (Lipinski definition) is 8. The lowest BCUT2D eigenvalue weighted by Gasteiger charge is -2.32. The van der Waals surface area contributed by atoms with Crippen molar-refractivity contribution in [2.24, 2.45) is 11.8 Å². The molecule has 2 aliphatic rings. The average molecular weight is 516 g/mol. The van der Waals surface area contributed by atoms with E-state index in [2.05, 4.69) is 5.32 Å². The van der Waals surface area contributed by atoms with E-state index in [1.807, 2.05) is 30.3 Å². The molecular formula is C25H29N3O7S. The van der Waals surface area contributed by atoms with Crippen LogP contribution >= 0.6 is 0 Å². The number of hydrogen-bond donors (Lipinski definition) is 1. The van der Waals surface area contributed by atoms with Crippen molar-refractivity contribution in [1.82, 2.24) is 14.5 Å². The molecular weight excluding hydrogens is 486 g/mol. The third-order valence-corrected chi connectivity index (χ3v) is 8.91. The van der Waals surface area contributed by atoms with Gasteiger partial charge in [0, 0.05) is 33.1 Å². The van der Waals surface area contributed by atoms with Gasteiger partial charge in [0.2, 0.25) is 21.8 Å². The fraction of sp³-hybridized carbons (Fsp3) is 0.400. The Labute approximate surface area is 210 Å². The minimum absolute atomic E-state index is 0.0507. The first-order valence-corrected chi connectivity index (χ1v) is 12.8. The van der Waals surface area contributed by atoms with Gasteiger partial charge in [-0.3, -0.25) is 24.6 Å². The highest BCUT2D eigenvalue weighted by Gasteiger charge is 2.68. The van der Waals surface area contributed by atoms with Crippen LogP contribution in [0.15, 0.2) is 59.5 Å². The molecule has 0 aliphatic carbocycles. The van der Waals surface area contributed by atoms with Gasteiger partial charge in [-0.25, -0.2) is 8.42 Å². The molecule has 2 aromatic rings. The minimum Gasteiger partial charge on any atom is -0.497 e. The van der Waals surface area contributed by atoms with Crippen molar-refractivity contribution in [3.05, 3.63) is 60.2 Å². The molecule has 2 fully saturated rings. The number of imide groups is 1. The Kier molecular flexibility index (Phi) is 6.91. The highest BCUT2D eigenvalue weighted by molar-refractivity contribution is 7.89. The summed E-state index contributed by atoms with van der Waals surface area (Å²) < 4.78 is 37.9. The van der Waals surface area contributed by atoms with Crippen LogP contribution in [0.5, 0.6) is 5.75 Å². The SMILES string of the molecule is COC(=O)[C@]1(Cc2ccccc2)N[C@H](CN(C)S(=O)(=O)c2ccc(OC)cc2)[C@@H]2C(=O)N(C)C(=O)[C@@H]21. The van der Waals surface area contributed by atoms with Gasteiger partial charge in [-0.15, -0.1) is 0 Å². The molecule has 1 N–H and O–H groups in total. The van der Waals surface area contributed by atoms with Gasteiger partial charge >= 0.3 is 5.97 Å². The summed E-state index contributed by atoms with van der Waals surface area (Å²) in [4.78, 5) is 40.7. The Bertz CT molecular complexity index is 1270. The lowest BCUT2D eigenvalue weighted by atomic mass is 9.76. The second-order valence-corrected chi connectivity index (χ2v) is 11.1. The third-order valence-electron chi connectivity index (χ3n) is 7.08. The Morgan fingerprint density at radius 1 is 1.06 bits per heavy atom. The number of likely N-dealkylation sites (N-methyl/N-ethyl adjacent to an activating group) is 1. The normalized spacial score (nSPS) is 25.8. The van der Waals surface area contributed by atoms with Crippen LogP contribution in [0.4, 0.5) is 0 Å². The number of fused-ring (bicyclic) bond motifs is 1. The highest BCUT2D eigenvalue weighted by Crippen LogP contribution is 2.45. The smallest absolute Gasteiger partial charge is 0.327 e. The van der Waals surface area contributed by atoms with Gasteiger partial charge in [0.05, 0.1) is 31.0 Å². The Hall–Kier alpha value is -3.28. The quantitative estimate of drug-likeness (QED) is 0.402. The van der Waals surface area contributed by atoms with Crippen molar-refractivity contribution < 1.29 is 32.3 Å². The van der Waals surface area contributed by atoms with E-state index in [0.717, 1.165) is 14.8 Å². The summed E-state index contributed by atoms with van der Waals surface area (Å²) in [6.07, 6.45) is 0.0972. The van der Waals surface area contributed by atoms with Crippen molar-refractivity contribution in [3.8, 4) is 5.75 Å². The zero-order valence-corrected chi connectivity index (χ0v) is 21.3. The Balaban J connectivity index is 1.71. The number of esters is 1. The Morgan fingerprint density at radius 3 is 2.28 bits per heavy atom. The summed E-state index contributed by atoms with van der Waals surface area (Å²) >= 11 is 0. The second kappa shape index (κ2) is 9.64. The topological polar surface area (TPSA) is 122 Å². The van der Waals surface area contributed by atoms with E-state index in [4.69, 9.17) is 9.47 Å². The molecule has 2 heterocycles. The summed E-state index contributed by atoms with van der Waals surface area (Å²) in [5.74, 6) is -3.10. The summed E-state index contributed by atoms with van der Waals surface area (Å²) in [6, 6.07) is 14.2. The molecule has 0 bridgehead atoms. The molecule has 36 heavy (non-hydrogen) atoms. The fourth-order valence-corrected chi connectivity index (χ4v) is 6.45. The predicted molar refractivity (Wildman–Crippen MR) is 129 cm³/mol. The number of ether oxygens (including phenoxy) is 2. The number of amides is 2. The van der Waals surface area contributed by atoms with Crippen molar-refractivity contribution in [3.63, 3.8) is 0 Å². The number of rotatable bonds is 8. The third kappa shape index (κ3) is 4.16. The standard InChI is InChI=1S/C25H29N3O7S/c1-27(36(32,33)18-12-10-17(34-3)11-13-18)15-19-20-21(23(30)28(2)22(20)29)25(26-19,24(31)35-4)14-16-8-6-5-7-9-16/h5-13,19-21,26H,14-15H2,1-4H3/t19-,20+,21-,25-/m1/s1. The molecule has 0 aromatic heterocycles. The lowest BCUT2D eigenvalue weighted by Crippen LogP contribution is -2.59. The summed E-state index contributed by atoms with van der Waals surface area (Å²) in [5, 5.41) is 3.19. The molecule has 2 aliphatic heterocycles. The van der Waals surface area contributed by atoms with Gasteiger partial charge < -0.3 is 9.47 Å². The Morgan fingerprint density at radius 2 is 1.69 bits per heavy atom. The predicted octanol–water partition coefficient (Wildman–Crippen LogP) is 0.673. The number of carbonyl (C=O) groups is 3. The molecule has 0 saturated carbocycles. The first kappa shape index (κ1) is 25.8. The van der Waals surface area contributed by atoms with Crippen LogP contribution < -0.4 is 10.1 Å². The van der Waals surface area contributed by atoms with Crippen LogP contribution in [0.1, 0.15) is 5.56 Å². The molecule has 2 saturated heterocycles.